The van der Waals surface area contributed by atoms with Crippen LogP contribution in [0.25, 0.3) is 11.3 Å². The zero-order chi connectivity index (χ0) is 15.9. The van der Waals surface area contributed by atoms with Crippen LogP contribution in [0.1, 0.15) is 6.92 Å². The SMILES string of the molecule is C/C(COc1ccc(-c2csnn2)cc1)=N\Nc1ccccc1. The standard InChI is InChI=1S/C17H16N4OS/c1-13(18-19-15-5-3-2-4-6-15)11-22-16-9-7-14(8-10-16)17-12-23-21-20-17/h2-10,12,19H,11H2,1H3/b18-13+. The Morgan fingerprint density at radius 1 is 1.13 bits per heavy atom. The summed E-state index contributed by atoms with van der Waals surface area (Å²) in [4.78, 5) is 0. The summed E-state index contributed by atoms with van der Waals surface area (Å²) in [6.45, 7) is 2.35. The number of hydrogen-bond acceptors (Lipinski definition) is 6. The second kappa shape index (κ2) is 7.51. The van der Waals surface area contributed by atoms with Crippen molar-refractivity contribution >= 4 is 22.9 Å². The fourth-order valence-electron chi connectivity index (χ4n) is 1.91. The molecule has 0 saturated heterocycles. The first-order chi connectivity index (χ1) is 11.3. The van der Waals surface area contributed by atoms with Crippen molar-refractivity contribution in [2.45, 2.75) is 6.92 Å². The van der Waals surface area contributed by atoms with E-state index >= 15 is 0 Å². The van der Waals surface area contributed by atoms with Gasteiger partial charge >= 0.3 is 0 Å². The second-order valence-electron chi connectivity index (χ2n) is 4.93. The van der Waals surface area contributed by atoms with Crippen molar-refractivity contribution in [1.29, 1.82) is 0 Å². The van der Waals surface area contributed by atoms with Gasteiger partial charge in [0.15, 0.2) is 0 Å². The van der Waals surface area contributed by atoms with Crippen LogP contribution >= 0.6 is 11.5 Å². The van der Waals surface area contributed by atoms with Crippen LogP contribution < -0.4 is 10.2 Å². The second-order valence-corrected chi connectivity index (χ2v) is 5.54. The zero-order valence-corrected chi connectivity index (χ0v) is 13.5. The topological polar surface area (TPSA) is 59.4 Å². The van der Waals surface area contributed by atoms with Crippen molar-refractivity contribution in [2.24, 2.45) is 5.10 Å². The maximum atomic E-state index is 5.72. The normalized spacial score (nSPS) is 11.3. The van der Waals surface area contributed by atoms with Crippen molar-refractivity contribution in [2.75, 3.05) is 12.0 Å². The summed E-state index contributed by atoms with van der Waals surface area (Å²) in [7, 11) is 0. The van der Waals surface area contributed by atoms with Crippen LogP contribution in [0.3, 0.4) is 0 Å². The number of aromatic nitrogens is 2. The van der Waals surface area contributed by atoms with Gasteiger partial charge in [-0.25, -0.2) is 0 Å². The van der Waals surface area contributed by atoms with Crippen molar-refractivity contribution in [3.63, 3.8) is 0 Å². The molecule has 23 heavy (non-hydrogen) atoms. The molecule has 0 atom stereocenters. The van der Waals surface area contributed by atoms with E-state index in [4.69, 9.17) is 4.74 Å². The molecule has 0 spiro atoms. The van der Waals surface area contributed by atoms with Crippen LogP contribution in [0.5, 0.6) is 5.75 Å². The van der Waals surface area contributed by atoms with Gasteiger partial charge in [-0.15, -0.1) is 5.10 Å². The van der Waals surface area contributed by atoms with Crippen molar-refractivity contribution in [3.05, 3.63) is 60.0 Å². The minimum atomic E-state index is 0.428. The van der Waals surface area contributed by atoms with Gasteiger partial charge in [-0.1, -0.05) is 22.7 Å². The third-order valence-corrected chi connectivity index (χ3v) is 3.61. The number of anilines is 1. The van der Waals surface area contributed by atoms with Gasteiger partial charge in [-0.05, 0) is 54.9 Å². The summed E-state index contributed by atoms with van der Waals surface area (Å²) < 4.78 is 9.59. The van der Waals surface area contributed by atoms with Gasteiger partial charge < -0.3 is 4.74 Å². The fraction of sp³-hybridized carbons (Fsp3) is 0.118. The zero-order valence-electron chi connectivity index (χ0n) is 12.6. The van der Waals surface area contributed by atoms with E-state index in [1.807, 2.05) is 66.9 Å². The van der Waals surface area contributed by atoms with Gasteiger partial charge in [-0.3, -0.25) is 5.43 Å². The van der Waals surface area contributed by atoms with E-state index in [-0.39, 0.29) is 0 Å². The summed E-state index contributed by atoms with van der Waals surface area (Å²) in [5, 5.41) is 10.3. The molecular weight excluding hydrogens is 308 g/mol. The number of nitrogens with zero attached hydrogens (tertiary/aromatic N) is 3. The molecule has 1 aromatic heterocycles. The molecule has 0 unspecified atom stereocenters. The van der Waals surface area contributed by atoms with Crippen LogP contribution in [-0.2, 0) is 0 Å². The molecule has 2 aromatic carbocycles. The Bertz CT molecular complexity index is 755. The van der Waals surface area contributed by atoms with E-state index in [1.165, 1.54) is 11.5 Å². The number of benzene rings is 2. The van der Waals surface area contributed by atoms with Gasteiger partial charge in [0.25, 0.3) is 0 Å². The number of rotatable bonds is 6. The van der Waals surface area contributed by atoms with Crippen LogP contribution in [0.4, 0.5) is 5.69 Å². The summed E-state index contributed by atoms with van der Waals surface area (Å²) in [6.07, 6.45) is 0. The van der Waals surface area contributed by atoms with Crippen molar-refractivity contribution in [3.8, 4) is 17.0 Å². The molecule has 0 amide bonds. The number of hydrogen-bond donors (Lipinski definition) is 1. The monoisotopic (exact) mass is 324 g/mol. The van der Waals surface area contributed by atoms with E-state index < -0.39 is 0 Å². The quantitative estimate of drug-likeness (QED) is 0.548. The maximum absolute atomic E-state index is 5.72. The molecule has 1 N–H and O–H groups in total. The smallest absolute Gasteiger partial charge is 0.128 e. The fourth-order valence-corrected chi connectivity index (χ4v) is 2.37. The third kappa shape index (κ3) is 4.37. The Morgan fingerprint density at radius 3 is 2.61 bits per heavy atom. The van der Waals surface area contributed by atoms with E-state index in [1.54, 1.807) is 0 Å². The van der Waals surface area contributed by atoms with E-state index in [0.717, 1.165) is 28.4 Å². The lowest BCUT2D eigenvalue weighted by Crippen LogP contribution is -2.09. The maximum Gasteiger partial charge on any atom is 0.128 e. The Labute approximate surface area is 138 Å². The number of hydrazone groups is 1. The third-order valence-electron chi connectivity index (χ3n) is 3.11. The number of ether oxygens (including phenoxy) is 1. The summed E-state index contributed by atoms with van der Waals surface area (Å²) in [6, 6.07) is 17.6. The van der Waals surface area contributed by atoms with Crippen LogP contribution in [0, 0.1) is 0 Å². The molecule has 0 saturated carbocycles. The molecule has 0 aliphatic rings. The summed E-state index contributed by atoms with van der Waals surface area (Å²) in [5.41, 5.74) is 6.73. The summed E-state index contributed by atoms with van der Waals surface area (Å²) in [5.74, 6) is 0.797. The van der Waals surface area contributed by atoms with E-state index in [2.05, 4.69) is 20.1 Å². The lowest BCUT2D eigenvalue weighted by molar-refractivity contribution is 0.376. The molecule has 5 nitrogen and oxygen atoms in total. The first-order valence-corrected chi connectivity index (χ1v) is 7.99. The molecular formula is C17H16N4OS. The van der Waals surface area contributed by atoms with Gasteiger partial charge in [-0.2, -0.15) is 5.10 Å². The first-order valence-electron chi connectivity index (χ1n) is 7.16. The van der Waals surface area contributed by atoms with Crippen LogP contribution in [0.2, 0.25) is 0 Å². The molecule has 3 rings (SSSR count). The van der Waals surface area contributed by atoms with Gasteiger partial charge in [0.2, 0.25) is 0 Å². The van der Waals surface area contributed by atoms with Crippen LogP contribution in [0.15, 0.2) is 65.1 Å². The van der Waals surface area contributed by atoms with Crippen molar-refractivity contribution < 1.29 is 4.74 Å². The van der Waals surface area contributed by atoms with Crippen LogP contribution in [-0.4, -0.2) is 21.9 Å². The molecule has 0 fully saturated rings. The first kappa shape index (κ1) is 15.2. The summed E-state index contributed by atoms with van der Waals surface area (Å²) >= 11 is 1.34. The number of para-hydroxylation sites is 1. The largest absolute Gasteiger partial charge is 0.488 e. The predicted molar refractivity (Wildman–Crippen MR) is 94.0 cm³/mol. The Hall–Kier alpha value is -2.73. The minimum absolute atomic E-state index is 0.428. The lowest BCUT2D eigenvalue weighted by atomic mass is 10.2. The Kier molecular flexibility index (Phi) is 4.95. The molecule has 0 aliphatic heterocycles. The van der Waals surface area contributed by atoms with E-state index in [0.29, 0.717) is 6.61 Å². The highest BCUT2D eigenvalue weighted by atomic mass is 32.1. The predicted octanol–water partition coefficient (Wildman–Crippen LogP) is 4.07. The Morgan fingerprint density at radius 2 is 1.91 bits per heavy atom. The molecule has 1 heterocycles. The molecule has 0 aliphatic carbocycles. The molecule has 0 bridgehead atoms. The average Bonchev–Trinajstić information content (AvgIpc) is 3.14. The van der Waals surface area contributed by atoms with Crippen molar-refractivity contribution in [1.82, 2.24) is 9.59 Å². The highest BCUT2D eigenvalue weighted by Crippen LogP contribution is 2.21. The molecule has 116 valence electrons. The average molecular weight is 324 g/mol. The Balaban J connectivity index is 1.53. The van der Waals surface area contributed by atoms with E-state index in [9.17, 15) is 0 Å². The van der Waals surface area contributed by atoms with Gasteiger partial charge in [0.05, 0.1) is 11.4 Å². The minimum Gasteiger partial charge on any atom is -0.488 e. The van der Waals surface area contributed by atoms with Gasteiger partial charge in [0, 0.05) is 10.9 Å². The molecule has 3 aromatic rings. The highest BCUT2D eigenvalue weighted by molar-refractivity contribution is 7.03. The lowest BCUT2D eigenvalue weighted by Gasteiger charge is -2.07. The highest BCUT2D eigenvalue weighted by Gasteiger charge is 2.02. The molecule has 6 heteroatoms. The van der Waals surface area contributed by atoms with Gasteiger partial charge in [0.1, 0.15) is 18.1 Å². The number of nitrogens with one attached hydrogen (secondary N) is 1. The molecule has 0 radical (unpaired) electrons.